The van der Waals surface area contributed by atoms with Gasteiger partial charge in [0.05, 0.1) is 12.8 Å². The Balaban J connectivity index is 2.26. The lowest BCUT2D eigenvalue weighted by molar-refractivity contribution is -0.301. The van der Waals surface area contributed by atoms with Crippen molar-refractivity contribution in [2.45, 2.75) is 44.5 Å². The number of aliphatic hydroxyl groups is 1. The second-order valence-corrected chi connectivity index (χ2v) is 6.03. The number of nitrogens with zero attached hydrogens (tertiary/aromatic N) is 2. The van der Waals surface area contributed by atoms with Crippen LogP contribution in [-0.4, -0.2) is 46.7 Å². The molecule has 148 valence electrons. The Kier molecular flexibility index (Phi) is 6.09. The van der Waals surface area contributed by atoms with Gasteiger partial charge in [-0.05, 0) is 25.0 Å². The molecule has 1 aromatic carbocycles. The molecule has 0 radical (unpaired) electrons. The summed E-state index contributed by atoms with van der Waals surface area (Å²) >= 11 is 0. The standard InChI is InChI=1S/C17H20F3N3O4/c1-3-4-7-11-10-16(26,17(18,19)20)23(22-11)15(25)14(24)21-12-8-5-6-9-13(12)27-2/h5-6,8-9,26H,3-4,7,10H2,1-2H3,(H,21,24)/t16-/m0/s1. The first-order valence-corrected chi connectivity index (χ1v) is 8.28. The third-order valence-corrected chi connectivity index (χ3v) is 4.06. The summed E-state index contributed by atoms with van der Waals surface area (Å²) in [7, 11) is 1.33. The van der Waals surface area contributed by atoms with Crippen LogP contribution >= 0.6 is 0 Å². The predicted octanol–water partition coefficient (Wildman–Crippen LogP) is 2.66. The van der Waals surface area contributed by atoms with Gasteiger partial charge in [-0.3, -0.25) is 9.59 Å². The van der Waals surface area contributed by atoms with E-state index in [1.807, 2.05) is 6.92 Å². The molecule has 10 heteroatoms. The van der Waals surface area contributed by atoms with E-state index >= 15 is 0 Å². The van der Waals surface area contributed by atoms with Gasteiger partial charge in [-0.15, -0.1) is 0 Å². The van der Waals surface area contributed by atoms with Crippen LogP contribution in [0, 0.1) is 0 Å². The number of methoxy groups -OCH3 is 1. The molecule has 0 saturated heterocycles. The summed E-state index contributed by atoms with van der Waals surface area (Å²) in [4.78, 5) is 24.5. The molecule has 2 amide bonds. The quantitative estimate of drug-likeness (QED) is 0.760. The van der Waals surface area contributed by atoms with Crippen LogP contribution in [0.4, 0.5) is 18.9 Å². The van der Waals surface area contributed by atoms with Gasteiger partial charge in [0, 0.05) is 12.1 Å². The third-order valence-electron chi connectivity index (χ3n) is 4.06. The van der Waals surface area contributed by atoms with Crippen LogP contribution in [0.25, 0.3) is 0 Å². The van der Waals surface area contributed by atoms with Crippen molar-refractivity contribution in [2.75, 3.05) is 12.4 Å². The second-order valence-electron chi connectivity index (χ2n) is 6.03. The largest absolute Gasteiger partial charge is 0.495 e. The van der Waals surface area contributed by atoms with E-state index in [9.17, 15) is 27.9 Å². The topological polar surface area (TPSA) is 91.2 Å². The number of hydrazone groups is 1. The van der Waals surface area contributed by atoms with Crippen molar-refractivity contribution in [1.82, 2.24) is 5.01 Å². The van der Waals surface area contributed by atoms with Crippen molar-refractivity contribution in [3.8, 4) is 5.75 Å². The number of halogens is 3. The summed E-state index contributed by atoms with van der Waals surface area (Å²) < 4.78 is 45.2. The molecule has 1 aliphatic rings. The van der Waals surface area contributed by atoms with E-state index in [0.717, 1.165) is 0 Å². The summed E-state index contributed by atoms with van der Waals surface area (Å²) in [6, 6.07) is 6.08. The molecule has 0 aromatic heterocycles. The highest BCUT2D eigenvalue weighted by Gasteiger charge is 2.63. The highest BCUT2D eigenvalue weighted by Crippen LogP contribution is 2.41. The zero-order valence-corrected chi connectivity index (χ0v) is 14.8. The minimum atomic E-state index is -5.18. The third kappa shape index (κ3) is 4.21. The summed E-state index contributed by atoms with van der Waals surface area (Å²) in [6.45, 7) is 1.84. The lowest BCUT2D eigenvalue weighted by Gasteiger charge is -2.32. The molecule has 1 aromatic rings. The molecule has 0 bridgehead atoms. The molecule has 0 unspecified atom stereocenters. The fraction of sp³-hybridized carbons (Fsp3) is 0.471. The van der Waals surface area contributed by atoms with Gasteiger partial charge >= 0.3 is 18.0 Å². The van der Waals surface area contributed by atoms with E-state index < -0.39 is 30.1 Å². The van der Waals surface area contributed by atoms with Crippen LogP contribution < -0.4 is 10.1 Å². The molecule has 2 N–H and O–H groups in total. The van der Waals surface area contributed by atoms with Gasteiger partial charge in [0.25, 0.3) is 5.72 Å². The molecule has 27 heavy (non-hydrogen) atoms. The minimum absolute atomic E-state index is 0.00937. The number of amides is 2. The van der Waals surface area contributed by atoms with Gasteiger partial charge < -0.3 is 15.2 Å². The first kappa shape index (κ1) is 20.7. The van der Waals surface area contributed by atoms with E-state index in [4.69, 9.17) is 4.74 Å². The van der Waals surface area contributed by atoms with Gasteiger partial charge in [0.15, 0.2) is 0 Å². The highest BCUT2D eigenvalue weighted by molar-refractivity contribution is 6.40. The zero-order chi connectivity index (χ0) is 20.2. The number of rotatable bonds is 5. The van der Waals surface area contributed by atoms with E-state index in [-0.39, 0.29) is 28.6 Å². The number of carbonyl (C=O) groups excluding carboxylic acids is 2. The van der Waals surface area contributed by atoms with Gasteiger partial charge in [0.2, 0.25) is 0 Å². The number of para-hydroxylation sites is 2. The Morgan fingerprint density at radius 3 is 2.63 bits per heavy atom. The van der Waals surface area contributed by atoms with Gasteiger partial charge in [0.1, 0.15) is 5.75 Å². The lowest BCUT2D eigenvalue weighted by Crippen LogP contribution is -2.58. The molecule has 0 saturated carbocycles. The molecule has 1 aliphatic heterocycles. The van der Waals surface area contributed by atoms with E-state index in [1.165, 1.54) is 19.2 Å². The zero-order valence-electron chi connectivity index (χ0n) is 14.8. The number of alkyl halides is 3. The number of anilines is 1. The van der Waals surface area contributed by atoms with Gasteiger partial charge in [-0.2, -0.15) is 23.3 Å². The number of hydrogen-bond acceptors (Lipinski definition) is 5. The number of ether oxygens (including phenoxy) is 1. The average molecular weight is 387 g/mol. The van der Waals surface area contributed by atoms with Gasteiger partial charge in [-0.25, -0.2) is 0 Å². The number of nitrogens with one attached hydrogen (secondary N) is 1. The Labute approximate surface area is 153 Å². The van der Waals surface area contributed by atoms with E-state index in [1.54, 1.807) is 12.1 Å². The fourth-order valence-corrected chi connectivity index (χ4v) is 2.59. The second kappa shape index (κ2) is 7.95. The molecular weight excluding hydrogens is 367 g/mol. The Bertz CT molecular complexity index is 751. The van der Waals surface area contributed by atoms with E-state index in [0.29, 0.717) is 12.8 Å². The number of carbonyl (C=O) groups is 2. The first-order valence-electron chi connectivity index (χ1n) is 8.28. The molecule has 1 atom stereocenters. The Morgan fingerprint density at radius 2 is 2.04 bits per heavy atom. The monoisotopic (exact) mass is 387 g/mol. The summed E-state index contributed by atoms with van der Waals surface area (Å²) in [5.74, 6) is -2.77. The molecule has 0 fully saturated rings. The smallest absolute Gasteiger partial charge is 0.438 e. The number of hydrogen-bond donors (Lipinski definition) is 2. The molecule has 2 rings (SSSR count). The van der Waals surface area contributed by atoms with Crippen LogP contribution in [0.5, 0.6) is 5.75 Å². The van der Waals surface area contributed by atoms with Crippen LogP contribution in [0.3, 0.4) is 0 Å². The summed E-state index contributed by atoms with van der Waals surface area (Å²) in [6.07, 6.45) is -4.63. The maximum Gasteiger partial charge on any atom is 0.438 e. The molecule has 7 nitrogen and oxygen atoms in total. The van der Waals surface area contributed by atoms with Crippen molar-refractivity contribution < 1.29 is 32.6 Å². The minimum Gasteiger partial charge on any atom is -0.495 e. The lowest BCUT2D eigenvalue weighted by atomic mass is 10.0. The summed E-state index contributed by atoms with van der Waals surface area (Å²) in [5, 5.41) is 15.7. The van der Waals surface area contributed by atoms with Crippen LogP contribution in [0.2, 0.25) is 0 Å². The van der Waals surface area contributed by atoms with Crippen molar-refractivity contribution in [2.24, 2.45) is 5.10 Å². The highest BCUT2D eigenvalue weighted by atomic mass is 19.4. The first-order chi connectivity index (χ1) is 12.6. The van der Waals surface area contributed by atoms with Crippen molar-refractivity contribution in [1.29, 1.82) is 0 Å². The van der Waals surface area contributed by atoms with Crippen molar-refractivity contribution >= 4 is 23.2 Å². The predicted molar refractivity (Wildman–Crippen MR) is 91.1 cm³/mol. The molecule has 0 spiro atoms. The van der Waals surface area contributed by atoms with E-state index in [2.05, 4.69) is 10.4 Å². The number of benzene rings is 1. The Morgan fingerprint density at radius 1 is 1.37 bits per heavy atom. The van der Waals surface area contributed by atoms with Crippen LogP contribution in [0.15, 0.2) is 29.4 Å². The van der Waals surface area contributed by atoms with Crippen molar-refractivity contribution in [3.63, 3.8) is 0 Å². The van der Waals surface area contributed by atoms with Crippen LogP contribution in [-0.2, 0) is 9.59 Å². The SMILES string of the molecule is CCCCC1=NN(C(=O)C(=O)Nc2ccccc2OC)[C@@](O)(C(F)(F)F)C1. The Hall–Kier alpha value is -2.62. The van der Waals surface area contributed by atoms with Crippen molar-refractivity contribution in [3.05, 3.63) is 24.3 Å². The maximum atomic E-state index is 13.4. The number of unbranched alkanes of at least 4 members (excludes halogenated alkanes) is 1. The molecule has 0 aliphatic carbocycles. The summed E-state index contributed by atoms with van der Waals surface area (Å²) in [5.41, 5.74) is -3.44. The fourth-order valence-electron chi connectivity index (χ4n) is 2.59. The maximum absolute atomic E-state index is 13.4. The molecular formula is C17H20F3N3O4. The average Bonchev–Trinajstić information content (AvgIpc) is 2.97. The van der Waals surface area contributed by atoms with Crippen LogP contribution in [0.1, 0.15) is 32.6 Å². The normalized spacial score (nSPS) is 19.6. The molecule has 1 heterocycles. The van der Waals surface area contributed by atoms with Gasteiger partial charge in [-0.1, -0.05) is 25.5 Å².